The van der Waals surface area contributed by atoms with E-state index in [0.717, 1.165) is 56.0 Å². The summed E-state index contributed by atoms with van der Waals surface area (Å²) in [7, 11) is 1.92. The first-order chi connectivity index (χ1) is 16.4. The van der Waals surface area contributed by atoms with Crippen molar-refractivity contribution in [3.63, 3.8) is 0 Å². The van der Waals surface area contributed by atoms with E-state index in [9.17, 15) is 0 Å². The Morgan fingerprint density at radius 1 is 1.09 bits per heavy atom. The van der Waals surface area contributed by atoms with Crippen molar-refractivity contribution in [3.8, 4) is 5.75 Å². The first-order valence-corrected chi connectivity index (χ1v) is 12.6. The topological polar surface area (TPSA) is 50.5 Å². The third-order valence-electron chi connectivity index (χ3n) is 7.79. The maximum absolute atomic E-state index is 6.48. The van der Waals surface area contributed by atoms with Crippen molar-refractivity contribution in [2.45, 2.75) is 64.6 Å². The van der Waals surface area contributed by atoms with Crippen LogP contribution in [0.3, 0.4) is 0 Å². The van der Waals surface area contributed by atoms with Crippen molar-refractivity contribution in [2.24, 2.45) is 0 Å². The molecule has 1 unspecified atom stereocenters. The molecule has 1 aliphatic heterocycles. The fraction of sp³-hybridized carbons (Fsp3) is 0.400. The zero-order chi connectivity index (χ0) is 23.9. The molecular formula is C30H37N3O. The molecule has 1 fully saturated rings. The van der Waals surface area contributed by atoms with E-state index in [1.165, 1.54) is 33.4 Å². The van der Waals surface area contributed by atoms with Gasteiger partial charge in [0.15, 0.2) is 0 Å². The van der Waals surface area contributed by atoms with Crippen molar-refractivity contribution in [2.75, 3.05) is 24.6 Å². The number of para-hydroxylation sites is 1. The average Bonchev–Trinajstić information content (AvgIpc) is 3.61. The molecule has 1 atom stereocenters. The van der Waals surface area contributed by atoms with E-state index in [2.05, 4.69) is 85.6 Å². The third-order valence-corrected chi connectivity index (χ3v) is 7.79. The summed E-state index contributed by atoms with van der Waals surface area (Å²) in [5, 5.41) is 3.21. The average molecular weight is 456 g/mol. The minimum Gasteiger partial charge on any atom is -0.486 e. The van der Waals surface area contributed by atoms with Gasteiger partial charge in [-0.1, -0.05) is 49.4 Å². The van der Waals surface area contributed by atoms with E-state index < -0.39 is 0 Å². The van der Waals surface area contributed by atoms with Crippen LogP contribution in [0.2, 0.25) is 0 Å². The van der Waals surface area contributed by atoms with Crippen LogP contribution in [0.25, 0.3) is 0 Å². The van der Waals surface area contributed by atoms with Gasteiger partial charge in [-0.3, -0.25) is 4.90 Å². The summed E-state index contributed by atoms with van der Waals surface area (Å²) in [4.78, 5) is 2.58. The van der Waals surface area contributed by atoms with Crippen molar-refractivity contribution in [1.82, 2.24) is 4.90 Å². The number of hydrogen-bond acceptors (Lipinski definition) is 4. The summed E-state index contributed by atoms with van der Waals surface area (Å²) in [6.07, 6.45) is 3.34. The van der Waals surface area contributed by atoms with Crippen molar-refractivity contribution in [3.05, 3.63) is 88.0 Å². The van der Waals surface area contributed by atoms with Gasteiger partial charge in [0.2, 0.25) is 0 Å². The molecule has 178 valence electrons. The number of nitrogen functional groups attached to an aromatic ring is 1. The monoisotopic (exact) mass is 455 g/mol. The molecule has 1 heterocycles. The normalized spacial score (nSPS) is 17.5. The van der Waals surface area contributed by atoms with E-state index in [-0.39, 0.29) is 5.60 Å². The van der Waals surface area contributed by atoms with Gasteiger partial charge in [0.05, 0.1) is 11.4 Å². The summed E-state index contributed by atoms with van der Waals surface area (Å²) in [5.74, 6) is 1.40. The van der Waals surface area contributed by atoms with Crippen LogP contribution in [0.5, 0.6) is 5.75 Å². The van der Waals surface area contributed by atoms with Crippen LogP contribution in [-0.4, -0.2) is 24.1 Å². The zero-order valence-electron chi connectivity index (χ0n) is 20.9. The first kappa shape index (κ1) is 22.8. The summed E-state index contributed by atoms with van der Waals surface area (Å²) in [6.45, 7) is 9.51. The number of aryl methyl sites for hydroxylation is 1. The molecule has 5 rings (SSSR count). The van der Waals surface area contributed by atoms with Crippen molar-refractivity contribution >= 4 is 11.4 Å². The van der Waals surface area contributed by atoms with Gasteiger partial charge in [0.1, 0.15) is 11.4 Å². The zero-order valence-corrected chi connectivity index (χ0v) is 20.9. The Labute approximate surface area is 204 Å². The molecule has 1 spiro atoms. The second kappa shape index (κ2) is 8.99. The molecule has 0 radical (unpaired) electrons. The minimum atomic E-state index is 0.00771. The fourth-order valence-corrected chi connectivity index (χ4v) is 5.51. The summed E-state index contributed by atoms with van der Waals surface area (Å²) >= 11 is 0. The lowest BCUT2D eigenvalue weighted by molar-refractivity contribution is 0.123. The number of nitrogens with zero attached hydrogens (tertiary/aromatic N) is 1. The molecule has 0 saturated heterocycles. The van der Waals surface area contributed by atoms with Crippen LogP contribution in [0.4, 0.5) is 11.4 Å². The molecule has 0 amide bonds. The number of rotatable bonds is 6. The highest BCUT2D eigenvalue weighted by molar-refractivity contribution is 5.71. The van der Waals surface area contributed by atoms with Crippen LogP contribution < -0.4 is 15.8 Å². The summed E-state index contributed by atoms with van der Waals surface area (Å²) in [6, 6.07) is 19.9. The predicted octanol–water partition coefficient (Wildman–Crippen LogP) is 6.40. The number of nitrogens with two attached hydrogens (primary N) is 1. The van der Waals surface area contributed by atoms with Crippen LogP contribution in [-0.2, 0) is 13.1 Å². The number of ether oxygens (including phenoxy) is 1. The van der Waals surface area contributed by atoms with E-state index in [1.54, 1.807) is 0 Å². The maximum atomic E-state index is 6.48. The molecule has 3 N–H and O–H groups in total. The molecule has 3 aromatic rings. The number of anilines is 2. The molecular weight excluding hydrogens is 418 g/mol. The highest BCUT2D eigenvalue weighted by Crippen LogP contribution is 2.44. The van der Waals surface area contributed by atoms with Gasteiger partial charge in [0.25, 0.3) is 0 Å². The number of benzene rings is 3. The van der Waals surface area contributed by atoms with Crippen LogP contribution >= 0.6 is 0 Å². The molecule has 2 aliphatic rings. The quantitative estimate of drug-likeness (QED) is 0.423. The Morgan fingerprint density at radius 2 is 1.88 bits per heavy atom. The Balaban J connectivity index is 1.44. The third kappa shape index (κ3) is 4.27. The molecule has 34 heavy (non-hydrogen) atoms. The van der Waals surface area contributed by atoms with Gasteiger partial charge in [-0.2, -0.15) is 0 Å². The second-order valence-corrected chi connectivity index (χ2v) is 10.2. The summed E-state index contributed by atoms with van der Waals surface area (Å²) in [5.41, 5.74) is 16.2. The smallest absolute Gasteiger partial charge is 0.124 e. The van der Waals surface area contributed by atoms with Gasteiger partial charge in [-0.25, -0.2) is 0 Å². The van der Waals surface area contributed by atoms with Crippen LogP contribution in [0.15, 0.2) is 54.6 Å². The lowest BCUT2D eigenvalue weighted by Gasteiger charge is -2.26. The van der Waals surface area contributed by atoms with Gasteiger partial charge in [-0.15, -0.1) is 0 Å². The highest BCUT2D eigenvalue weighted by Gasteiger charge is 2.48. The van der Waals surface area contributed by atoms with Crippen LogP contribution in [0.1, 0.15) is 65.5 Å². The molecule has 1 aliphatic carbocycles. The van der Waals surface area contributed by atoms with Gasteiger partial charge in [-0.05, 0) is 73.1 Å². The highest BCUT2D eigenvalue weighted by atomic mass is 16.5. The summed E-state index contributed by atoms with van der Waals surface area (Å²) < 4.78 is 6.48. The van der Waals surface area contributed by atoms with Crippen molar-refractivity contribution < 1.29 is 4.74 Å². The minimum absolute atomic E-state index is 0.00771. The van der Waals surface area contributed by atoms with Gasteiger partial charge < -0.3 is 15.8 Å². The van der Waals surface area contributed by atoms with Crippen molar-refractivity contribution in [1.29, 1.82) is 0 Å². The van der Waals surface area contributed by atoms with Gasteiger partial charge >= 0.3 is 0 Å². The molecule has 3 aromatic carbocycles. The first-order valence-electron chi connectivity index (χ1n) is 12.6. The second-order valence-electron chi connectivity index (χ2n) is 10.2. The molecule has 1 saturated carbocycles. The van der Waals surface area contributed by atoms with Gasteiger partial charge in [0, 0.05) is 38.2 Å². The van der Waals surface area contributed by atoms with E-state index in [4.69, 9.17) is 10.5 Å². The Hall–Kier alpha value is -2.98. The fourth-order valence-electron chi connectivity index (χ4n) is 5.51. The molecule has 0 bridgehead atoms. The largest absolute Gasteiger partial charge is 0.486 e. The number of hydrogen-bond donors (Lipinski definition) is 2. The molecule has 0 aromatic heterocycles. The molecule has 4 nitrogen and oxygen atoms in total. The Morgan fingerprint density at radius 3 is 2.62 bits per heavy atom. The molecule has 4 heteroatoms. The SMILES string of the molecule is CCC(c1ccc(C)c(CN2Cc3ccccc3OC3(CC3)C2)c1)c1ccc(NC)c(N)c1C. The van der Waals surface area contributed by atoms with E-state index in [0.29, 0.717) is 5.92 Å². The van der Waals surface area contributed by atoms with E-state index in [1.807, 2.05) is 7.05 Å². The predicted molar refractivity (Wildman–Crippen MR) is 142 cm³/mol. The van der Waals surface area contributed by atoms with E-state index >= 15 is 0 Å². The lowest BCUT2D eigenvalue weighted by atomic mass is 9.84. The maximum Gasteiger partial charge on any atom is 0.124 e. The number of fused-ring (bicyclic) bond motifs is 1. The standard InChI is InChI=1S/C30H37N3O/c1-5-25(26-12-13-27(32-4)29(31)21(26)3)22-11-10-20(2)24(16-22)18-33-17-23-8-6-7-9-28(23)34-30(19-33)14-15-30/h6-13,16,25,32H,5,14-15,17-19,31H2,1-4H3. The Kier molecular flexibility index (Phi) is 6.03. The lowest BCUT2D eigenvalue weighted by Crippen LogP contribution is -2.34. The Bertz CT molecular complexity index is 1200. The number of nitrogens with one attached hydrogen (secondary N) is 1. The van der Waals surface area contributed by atoms with Crippen LogP contribution in [0, 0.1) is 13.8 Å².